The minimum Gasteiger partial charge on any atom is -0.494 e. The molecule has 2 N–H and O–H groups in total. The van der Waals surface area contributed by atoms with Crippen LogP contribution in [0.3, 0.4) is 0 Å². The molecule has 0 heterocycles. The van der Waals surface area contributed by atoms with Gasteiger partial charge in [-0.25, -0.2) is 8.42 Å². The van der Waals surface area contributed by atoms with Crippen molar-refractivity contribution in [2.45, 2.75) is 18.7 Å². The van der Waals surface area contributed by atoms with Gasteiger partial charge in [0.05, 0.1) is 30.3 Å². The highest BCUT2D eigenvalue weighted by Crippen LogP contribution is 2.29. The first-order valence-electron chi connectivity index (χ1n) is 8.57. The number of benzene rings is 2. The number of carbonyl (C=O) groups is 1. The molecule has 2 rings (SSSR count). The molecular formula is C19H24N2O5S. The summed E-state index contributed by atoms with van der Waals surface area (Å²) in [6.07, 6.45) is 1.14. The SMILES string of the molecule is CCOc1ccc(OCC)c(NC(=O)CNc2cccc(S(C)(=O)=O)c2)c1. The molecule has 0 saturated carbocycles. The Labute approximate surface area is 159 Å². The molecule has 0 aliphatic heterocycles. The lowest BCUT2D eigenvalue weighted by Gasteiger charge is -2.14. The van der Waals surface area contributed by atoms with Crippen molar-refractivity contribution in [2.24, 2.45) is 0 Å². The topological polar surface area (TPSA) is 93.7 Å². The number of anilines is 2. The fourth-order valence-corrected chi connectivity index (χ4v) is 3.02. The van der Waals surface area contributed by atoms with E-state index in [1.54, 1.807) is 30.3 Å². The van der Waals surface area contributed by atoms with Crippen molar-refractivity contribution in [3.63, 3.8) is 0 Å². The molecule has 2 aromatic rings. The minimum atomic E-state index is -3.31. The maximum atomic E-state index is 12.3. The van der Waals surface area contributed by atoms with Crippen molar-refractivity contribution in [2.75, 3.05) is 36.6 Å². The zero-order valence-electron chi connectivity index (χ0n) is 15.6. The van der Waals surface area contributed by atoms with Crippen molar-refractivity contribution < 1.29 is 22.7 Å². The molecule has 1 amide bonds. The van der Waals surface area contributed by atoms with Gasteiger partial charge in [-0.2, -0.15) is 0 Å². The van der Waals surface area contributed by atoms with Crippen LogP contribution in [0.5, 0.6) is 11.5 Å². The molecule has 0 aliphatic rings. The summed E-state index contributed by atoms with van der Waals surface area (Å²) in [6.45, 7) is 4.69. The van der Waals surface area contributed by atoms with Crippen LogP contribution in [0.4, 0.5) is 11.4 Å². The van der Waals surface area contributed by atoms with E-state index in [9.17, 15) is 13.2 Å². The molecule has 8 heteroatoms. The Bertz CT molecular complexity index is 897. The normalized spacial score (nSPS) is 10.9. The van der Waals surface area contributed by atoms with Gasteiger partial charge in [0.15, 0.2) is 9.84 Å². The van der Waals surface area contributed by atoms with E-state index in [0.29, 0.717) is 36.1 Å². The second-order valence-electron chi connectivity index (χ2n) is 5.73. The highest BCUT2D eigenvalue weighted by Gasteiger charge is 2.11. The average molecular weight is 392 g/mol. The standard InChI is InChI=1S/C19H24N2O5S/c1-4-25-15-9-10-18(26-5-2)17(12-15)21-19(22)13-20-14-7-6-8-16(11-14)27(3,23)24/h6-12,20H,4-5,13H2,1-3H3,(H,21,22). The van der Waals surface area contributed by atoms with Crippen molar-refractivity contribution in [1.82, 2.24) is 0 Å². The smallest absolute Gasteiger partial charge is 0.243 e. The van der Waals surface area contributed by atoms with Crippen molar-refractivity contribution in [1.29, 1.82) is 0 Å². The highest BCUT2D eigenvalue weighted by molar-refractivity contribution is 7.90. The summed E-state index contributed by atoms with van der Waals surface area (Å²) in [4.78, 5) is 12.5. The van der Waals surface area contributed by atoms with Crippen LogP contribution in [0, 0.1) is 0 Å². The largest absolute Gasteiger partial charge is 0.494 e. The van der Waals surface area contributed by atoms with Gasteiger partial charge in [-0.15, -0.1) is 0 Å². The van der Waals surface area contributed by atoms with Crippen LogP contribution in [0.15, 0.2) is 47.4 Å². The van der Waals surface area contributed by atoms with Crippen LogP contribution in [0.25, 0.3) is 0 Å². The van der Waals surface area contributed by atoms with E-state index in [0.717, 1.165) is 6.26 Å². The van der Waals surface area contributed by atoms with E-state index < -0.39 is 9.84 Å². The van der Waals surface area contributed by atoms with Crippen LogP contribution in [0.2, 0.25) is 0 Å². The lowest BCUT2D eigenvalue weighted by molar-refractivity contribution is -0.114. The molecule has 0 unspecified atom stereocenters. The highest BCUT2D eigenvalue weighted by atomic mass is 32.2. The van der Waals surface area contributed by atoms with Gasteiger partial charge in [-0.1, -0.05) is 6.07 Å². The van der Waals surface area contributed by atoms with Crippen LogP contribution >= 0.6 is 0 Å². The van der Waals surface area contributed by atoms with Crippen LogP contribution in [-0.4, -0.2) is 40.3 Å². The molecule has 0 spiro atoms. The third kappa shape index (κ3) is 6.18. The summed E-state index contributed by atoms with van der Waals surface area (Å²) in [5, 5.41) is 5.70. The van der Waals surface area contributed by atoms with Crippen molar-refractivity contribution in [3.05, 3.63) is 42.5 Å². The molecule has 0 aliphatic carbocycles. The lowest BCUT2D eigenvalue weighted by atomic mass is 10.2. The number of ether oxygens (including phenoxy) is 2. The summed E-state index contributed by atoms with van der Waals surface area (Å²) in [5.41, 5.74) is 1.06. The average Bonchev–Trinajstić information content (AvgIpc) is 2.62. The summed E-state index contributed by atoms with van der Waals surface area (Å²) >= 11 is 0. The van der Waals surface area contributed by atoms with Crippen molar-refractivity contribution in [3.8, 4) is 11.5 Å². The first-order chi connectivity index (χ1) is 12.8. The maximum Gasteiger partial charge on any atom is 0.243 e. The zero-order valence-corrected chi connectivity index (χ0v) is 16.4. The molecule has 2 aromatic carbocycles. The van der Waals surface area contributed by atoms with E-state index in [1.165, 1.54) is 12.1 Å². The van der Waals surface area contributed by atoms with Gasteiger partial charge < -0.3 is 20.1 Å². The van der Waals surface area contributed by atoms with Crippen LogP contribution < -0.4 is 20.1 Å². The molecular weight excluding hydrogens is 368 g/mol. The molecule has 0 saturated heterocycles. The van der Waals surface area contributed by atoms with Crippen molar-refractivity contribution >= 4 is 27.1 Å². The van der Waals surface area contributed by atoms with Gasteiger partial charge in [-0.05, 0) is 44.2 Å². The lowest BCUT2D eigenvalue weighted by Crippen LogP contribution is -2.22. The quantitative estimate of drug-likeness (QED) is 0.681. The Hall–Kier alpha value is -2.74. The second-order valence-corrected chi connectivity index (χ2v) is 7.74. The maximum absolute atomic E-state index is 12.3. The minimum absolute atomic E-state index is 0.0301. The molecule has 0 atom stereocenters. The second kappa shape index (κ2) is 9.27. The third-order valence-corrected chi connectivity index (χ3v) is 4.66. The number of nitrogens with one attached hydrogen (secondary N) is 2. The summed E-state index contributed by atoms with van der Waals surface area (Å²) in [5.74, 6) is 0.882. The first-order valence-corrected chi connectivity index (χ1v) is 10.5. The summed E-state index contributed by atoms with van der Waals surface area (Å²) < 4.78 is 34.2. The molecule has 0 fully saturated rings. The number of rotatable bonds is 9. The predicted octanol–water partition coefficient (Wildman–Crippen LogP) is 2.94. The van der Waals surface area contributed by atoms with E-state index in [1.807, 2.05) is 13.8 Å². The molecule has 0 radical (unpaired) electrons. The first kappa shape index (κ1) is 20.6. The van der Waals surface area contributed by atoms with E-state index in [2.05, 4.69) is 10.6 Å². The van der Waals surface area contributed by atoms with Gasteiger partial charge >= 0.3 is 0 Å². The Morgan fingerprint density at radius 2 is 1.78 bits per heavy atom. The monoisotopic (exact) mass is 392 g/mol. The predicted molar refractivity (Wildman–Crippen MR) is 105 cm³/mol. The molecule has 0 bridgehead atoms. The zero-order chi connectivity index (χ0) is 19.9. The van der Waals surface area contributed by atoms with Crippen LogP contribution in [-0.2, 0) is 14.6 Å². The fourth-order valence-electron chi connectivity index (χ4n) is 2.36. The number of hydrogen-bond donors (Lipinski definition) is 2. The van der Waals surface area contributed by atoms with Gasteiger partial charge in [0, 0.05) is 18.0 Å². The Morgan fingerprint density at radius 1 is 1.04 bits per heavy atom. The summed E-state index contributed by atoms with van der Waals surface area (Å²) in [6, 6.07) is 11.5. The van der Waals surface area contributed by atoms with Gasteiger partial charge in [0.1, 0.15) is 11.5 Å². The number of sulfone groups is 1. The molecule has 146 valence electrons. The van der Waals surface area contributed by atoms with E-state index >= 15 is 0 Å². The number of amides is 1. The number of hydrogen-bond acceptors (Lipinski definition) is 6. The van der Waals surface area contributed by atoms with Crippen LogP contribution in [0.1, 0.15) is 13.8 Å². The van der Waals surface area contributed by atoms with Gasteiger partial charge in [0.25, 0.3) is 0 Å². The third-order valence-electron chi connectivity index (χ3n) is 3.55. The Kier molecular flexibility index (Phi) is 7.06. The van der Waals surface area contributed by atoms with Gasteiger partial charge in [-0.3, -0.25) is 4.79 Å². The molecule has 7 nitrogen and oxygen atoms in total. The molecule has 0 aromatic heterocycles. The molecule has 27 heavy (non-hydrogen) atoms. The fraction of sp³-hybridized carbons (Fsp3) is 0.316. The Morgan fingerprint density at radius 3 is 2.44 bits per heavy atom. The number of carbonyl (C=O) groups excluding carboxylic acids is 1. The summed E-state index contributed by atoms with van der Waals surface area (Å²) in [7, 11) is -3.31. The Balaban J connectivity index is 2.06. The van der Waals surface area contributed by atoms with E-state index in [-0.39, 0.29) is 17.3 Å². The van der Waals surface area contributed by atoms with Gasteiger partial charge in [0.2, 0.25) is 5.91 Å². The van der Waals surface area contributed by atoms with E-state index in [4.69, 9.17) is 9.47 Å².